The van der Waals surface area contributed by atoms with E-state index in [9.17, 15) is 4.39 Å². The van der Waals surface area contributed by atoms with Crippen LogP contribution < -0.4 is 5.73 Å². The van der Waals surface area contributed by atoms with Crippen molar-refractivity contribution in [1.29, 1.82) is 0 Å². The van der Waals surface area contributed by atoms with Gasteiger partial charge in [0, 0.05) is 7.11 Å². The van der Waals surface area contributed by atoms with E-state index < -0.39 is 12.7 Å². The zero-order valence-electron chi connectivity index (χ0n) is 4.36. The Labute approximate surface area is 42.5 Å². The van der Waals surface area contributed by atoms with Crippen LogP contribution in [0.5, 0.6) is 0 Å². The third-order valence-corrected chi connectivity index (χ3v) is 0.579. The normalized spacial score (nSPS) is 14.1. The van der Waals surface area contributed by atoms with Gasteiger partial charge in [-0.05, 0) is 0 Å². The summed E-state index contributed by atoms with van der Waals surface area (Å²) in [5.74, 6) is 0. The molecule has 7 heavy (non-hydrogen) atoms. The van der Waals surface area contributed by atoms with E-state index in [-0.39, 0.29) is 0 Å². The molecule has 0 bridgehead atoms. The van der Waals surface area contributed by atoms with Crippen molar-refractivity contribution in [3.63, 3.8) is 0 Å². The molecular weight excluding hydrogens is 97.0 g/mol. The highest BCUT2D eigenvalue weighted by atomic mass is 19.1. The number of halogens is 1. The van der Waals surface area contributed by atoms with Crippen LogP contribution in [0.2, 0.25) is 0 Å². The molecule has 0 aromatic carbocycles. The van der Waals surface area contributed by atoms with Crippen molar-refractivity contribution in [2.45, 2.75) is 6.04 Å². The topological polar surface area (TPSA) is 35.2 Å². The minimum atomic E-state index is -0.506. The molecular formula is C4H10FNO. The minimum Gasteiger partial charge on any atom is -0.383 e. The number of rotatable bonds is 3. The number of nitrogens with two attached hydrogens (primary N) is 1. The summed E-state index contributed by atoms with van der Waals surface area (Å²) < 4.78 is 15.9. The van der Waals surface area contributed by atoms with Crippen LogP contribution in [-0.4, -0.2) is 26.4 Å². The first kappa shape index (κ1) is 6.85. The average molecular weight is 107 g/mol. The molecule has 1 atom stereocenters. The molecule has 2 nitrogen and oxygen atoms in total. The Hall–Kier alpha value is -0.150. The second-order valence-corrected chi connectivity index (χ2v) is 1.37. The van der Waals surface area contributed by atoms with E-state index in [1.807, 2.05) is 0 Å². The molecule has 1 unspecified atom stereocenters. The van der Waals surface area contributed by atoms with Crippen molar-refractivity contribution < 1.29 is 9.13 Å². The van der Waals surface area contributed by atoms with Crippen LogP contribution in [0.25, 0.3) is 0 Å². The number of hydrogen-bond acceptors (Lipinski definition) is 2. The lowest BCUT2D eigenvalue weighted by Crippen LogP contribution is -2.27. The first-order chi connectivity index (χ1) is 3.31. The van der Waals surface area contributed by atoms with E-state index in [0.29, 0.717) is 6.61 Å². The predicted octanol–water partition coefficient (Wildman–Crippen LogP) is -0.0704. The molecule has 0 aliphatic heterocycles. The fourth-order valence-corrected chi connectivity index (χ4v) is 0.259. The van der Waals surface area contributed by atoms with E-state index in [4.69, 9.17) is 5.73 Å². The fraction of sp³-hybridized carbons (Fsp3) is 1.00. The molecule has 0 spiro atoms. The monoisotopic (exact) mass is 107 g/mol. The van der Waals surface area contributed by atoms with Gasteiger partial charge in [-0.15, -0.1) is 0 Å². The predicted molar refractivity (Wildman–Crippen MR) is 25.8 cm³/mol. The molecule has 3 heteroatoms. The van der Waals surface area contributed by atoms with Gasteiger partial charge in [0.2, 0.25) is 0 Å². The Morgan fingerprint density at radius 1 is 1.86 bits per heavy atom. The Bertz CT molecular complexity index is 42.7. The summed E-state index contributed by atoms with van der Waals surface area (Å²) in [5, 5.41) is 0. The van der Waals surface area contributed by atoms with Crippen LogP contribution in [0.4, 0.5) is 4.39 Å². The van der Waals surface area contributed by atoms with Crippen molar-refractivity contribution in [3.8, 4) is 0 Å². The first-order valence-corrected chi connectivity index (χ1v) is 2.11. The van der Waals surface area contributed by atoms with Gasteiger partial charge in [-0.2, -0.15) is 0 Å². The highest BCUT2D eigenvalue weighted by Crippen LogP contribution is 1.78. The van der Waals surface area contributed by atoms with Crippen molar-refractivity contribution in [2.24, 2.45) is 5.73 Å². The lowest BCUT2D eigenvalue weighted by molar-refractivity contribution is 0.168. The van der Waals surface area contributed by atoms with Gasteiger partial charge in [-0.1, -0.05) is 0 Å². The molecule has 0 radical (unpaired) electrons. The van der Waals surface area contributed by atoms with Gasteiger partial charge in [0.25, 0.3) is 0 Å². The van der Waals surface area contributed by atoms with Gasteiger partial charge in [0.1, 0.15) is 6.67 Å². The lowest BCUT2D eigenvalue weighted by Gasteiger charge is -2.01. The van der Waals surface area contributed by atoms with E-state index >= 15 is 0 Å². The van der Waals surface area contributed by atoms with Gasteiger partial charge in [0.15, 0.2) is 0 Å². The lowest BCUT2D eigenvalue weighted by atomic mass is 10.4. The van der Waals surface area contributed by atoms with Crippen molar-refractivity contribution >= 4 is 0 Å². The summed E-state index contributed by atoms with van der Waals surface area (Å²) in [4.78, 5) is 0. The third-order valence-electron chi connectivity index (χ3n) is 0.579. The van der Waals surface area contributed by atoms with E-state index in [2.05, 4.69) is 4.74 Å². The first-order valence-electron chi connectivity index (χ1n) is 2.11. The summed E-state index contributed by atoms with van der Waals surface area (Å²) in [6, 6.07) is -0.440. The van der Waals surface area contributed by atoms with Crippen LogP contribution >= 0.6 is 0 Å². The highest BCUT2D eigenvalue weighted by molar-refractivity contribution is 4.54. The third kappa shape index (κ3) is 3.69. The smallest absolute Gasteiger partial charge is 0.107 e. The summed E-state index contributed by atoms with van der Waals surface area (Å²) >= 11 is 0. The van der Waals surface area contributed by atoms with Crippen LogP contribution in [0.1, 0.15) is 0 Å². The standard InChI is InChI=1S/C4H10FNO/c1-7-3-4(6)2-5/h4H,2-3,6H2,1H3. The minimum absolute atomic E-state index is 0.302. The van der Waals surface area contributed by atoms with Gasteiger partial charge < -0.3 is 10.5 Å². The number of alkyl halides is 1. The van der Waals surface area contributed by atoms with E-state index in [1.54, 1.807) is 0 Å². The molecule has 0 aromatic rings. The van der Waals surface area contributed by atoms with Gasteiger partial charge in [0.05, 0.1) is 12.6 Å². The zero-order valence-corrected chi connectivity index (χ0v) is 4.36. The van der Waals surface area contributed by atoms with Crippen LogP contribution in [0.15, 0.2) is 0 Å². The molecule has 0 aliphatic carbocycles. The van der Waals surface area contributed by atoms with Crippen molar-refractivity contribution in [1.82, 2.24) is 0 Å². The maximum absolute atomic E-state index is 11.4. The summed E-state index contributed by atoms with van der Waals surface area (Å²) in [6.07, 6.45) is 0. The molecule has 0 saturated carbocycles. The molecule has 0 saturated heterocycles. The van der Waals surface area contributed by atoms with Crippen LogP contribution in [0, 0.1) is 0 Å². The molecule has 2 N–H and O–H groups in total. The molecule has 0 heterocycles. The van der Waals surface area contributed by atoms with Crippen molar-refractivity contribution in [3.05, 3.63) is 0 Å². The Morgan fingerprint density at radius 3 is 2.57 bits per heavy atom. The fourth-order valence-electron chi connectivity index (χ4n) is 0.259. The maximum atomic E-state index is 11.4. The molecule has 0 aromatic heterocycles. The van der Waals surface area contributed by atoms with Gasteiger partial charge in [-0.25, -0.2) is 4.39 Å². The largest absolute Gasteiger partial charge is 0.383 e. The summed E-state index contributed by atoms with van der Waals surface area (Å²) in [5.41, 5.74) is 5.08. The number of methoxy groups -OCH3 is 1. The molecule has 0 aliphatic rings. The van der Waals surface area contributed by atoms with Gasteiger partial charge in [-0.3, -0.25) is 0 Å². The Kier molecular flexibility index (Phi) is 3.93. The average Bonchev–Trinajstić information content (AvgIpc) is 1.68. The Balaban J connectivity index is 2.83. The molecule has 0 rings (SSSR count). The number of hydrogen-bond donors (Lipinski definition) is 1. The van der Waals surface area contributed by atoms with E-state index in [0.717, 1.165) is 0 Å². The quantitative estimate of drug-likeness (QED) is 0.548. The maximum Gasteiger partial charge on any atom is 0.107 e. The van der Waals surface area contributed by atoms with Crippen LogP contribution in [0.3, 0.4) is 0 Å². The summed E-state index contributed by atoms with van der Waals surface area (Å²) in [7, 11) is 1.50. The second kappa shape index (κ2) is 4.02. The van der Waals surface area contributed by atoms with Gasteiger partial charge >= 0.3 is 0 Å². The summed E-state index contributed by atoms with van der Waals surface area (Å²) in [6.45, 7) is -0.204. The zero-order chi connectivity index (χ0) is 5.70. The second-order valence-electron chi connectivity index (χ2n) is 1.37. The van der Waals surface area contributed by atoms with Crippen LogP contribution in [-0.2, 0) is 4.74 Å². The highest BCUT2D eigenvalue weighted by Gasteiger charge is 1.96. The van der Waals surface area contributed by atoms with E-state index in [1.165, 1.54) is 7.11 Å². The Morgan fingerprint density at radius 2 is 2.43 bits per heavy atom. The van der Waals surface area contributed by atoms with Crippen molar-refractivity contribution in [2.75, 3.05) is 20.4 Å². The SMILES string of the molecule is COCC(N)CF. The molecule has 0 amide bonds. The molecule has 44 valence electrons. The number of ether oxygens (including phenoxy) is 1. The molecule has 0 fully saturated rings.